The van der Waals surface area contributed by atoms with Gasteiger partial charge in [0, 0.05) is 39.3 Å². The SMILES string of the molecule is N#CC(=Cc1cn(Cc2ccc(Cl)cc2Cl)c2ccccc12)c1ccc(C(=O)O)cc1. The number of carbonyl (C=O) groups is 1. The van der Waals surface area contributed by atoms with E-state index in [1.54, 1.807) is 18.2 Å². The number of allylic oxidation sites excluding steroid dienone is 1. The van der Waals surface area contributed by atoms with E-state index in [0.29, 0.717) is 27.7 Å². The molecule has 0 bridgehead atoms. The van der Waals surface area contributed by atoms with Gasteiger partial charge >= 0.3 is 5.97 Å². The van der Waals surface area contributed by atoms with Gasteiger partial charge in [-0.3, -0.25) is 0 Å². The van der Waals surface area contributed by atoms with Crippen LogP contribution in [0.3, 0.4) is 0 Å². The van der Waals surface area contributed by atoms with E-state index in [-0.39, 0.29) is 5.56 Å². The number of rotatable bonds is 5. The molecule has 1 aromatic heterocycles. The van der Waals surface area contributed by atoms with E-state index in [1.807, 2.05) is 48.7 Å². The zero-order valence-electron chi connectivity index (χ0n) is 16.2. The second-order valence-corrected chi connectivity index (χ2v) is 7.86. The first-order valence-corrected chi connectivity index (χ1v) is 10.2. The monoisotopic (exact) mass is 446 g/mol. The minimum Gasteiger partial charge on any atom is -0.478 e. The zero-order chi connectivity index (χ0) is 22.0. The van der Waals surface area contributed by atoms with E-state index in [1.165, 1.54) is 12.1 Å². The number of aromatic nitrogens is 1. The molecule has 0 amide bonds. The van der Waals surface area contributed by atoms with E-state index in [9.17, 15) is 10.1 Å². The lowest BCUT2D eigenvalue weighted by atomic mass is 10.0. The Balaban J connectivity index is 1.77. The number of hydrogen-bond acceptors (Lipinski definition) is 2. The first kappa shape index (κ1) is 20.7. The van der Waals surface area contributed by atoms with Gasteiger partial charge in [0.2, 0.25) is 0 Å². The van der Waals surface area contributed by atoms with Crippen molar-refractivity contribution in [1.82, 2.24) is 4.57 Å². The Bertz CT molecular complexity index is 1360. The van der Waals surface area contributed by atoms with Gasteiger partial charge in [0.15, 0.2) is 0 Å². The van der Waals surface area contributed by atoms with Crippen LogP contribution in [0.2, 0.25) is 10.0 Å². The number of hydrogen-bond donors (Lipinski definition) is 1. The lowest BCUT2D eigenvalue weighted by Crippen LogP contribution is -1.98. The highest BCUT2D eigenvalue weighted by Crippen LogP contribution is 2.29. The van der Waals surface area contributed by atoms with Gasteiger partial charge in [-0.25, -0.2) is 4.79 Å². The third-order valence-electron chi connectivity index (χ3n) is 5.04. The summed E-state index contributed by atoms with van der Waals surface area (Å²) < 4.78 is 2.08. The standard InChI is InChI=1S/C25H16Cl2N2O2/c26-21-10-9-18(23(27)12-21)14-29-15-20(22-3-1-2-4-24(22)29)11-19(13-28)16-5-7-17(8-6-16)25(30)31/h1-12,15H,14H2,(H,30,31). The highest BCUT2D eigenvalue weighted by Gasteiger charge is 2.11. The van der Waals surface area contributed by atoms with Gasteiger partial charge in [0.25, 0.3) is 0 Å². The number of nitriles is 1. The number of halogens is 2. The average molecular weight is 447 g/mol. The minimum absolute atomic E-state index is 0.178. The second-order valence-electron chi connectivity index (χ2n) is 7.02. The maximum Gasteiger partial charge on any atom is 0.335 e. The number of fused-ring (bicyclic) bond motifs is 1. The van der Waals surface area contributed by atoms with E-state index >= 15 is 0 Å². The molecule has 0 fully saturated rings. The molecule has 0 atom stereocenters. The van der Waals surface area contributed by atoms with Crippen molar-refractivity contribution in [3.05, 3.63) is 105 Å². The van der Waals surface area contributed by atoms with Gasteiger partial charge in [-0.05, 0) is 47.5 Å². The van der Waals surface area contributed by atoms with Crippen LogP contribution < -0.4 is 0 Å². The lowest BCUT2D eigenvalue weighted by molar-refractivity contribution is 0.0697. The van der Waals surface area contributed by atoms with Crippen LogP contribution in [0.25, 0.3) is 22.6 Å². The van der Waals surface area contributed by atoms with Crippen molar-refractivity contribution in [2.75, 3.05) is 0 Å². The number of aromatic carboxylic acids is 1. The summed E-state index contributed by atoms with van der Waals surface area (Å²) in [6.07, 6.45) is 3.80. The number of carboxylic acids is 1. The fourth-order valence-electron chi connectivity index (χ4n) is 3.48. The summed E-state index contributed by atoms with van der Waals surface area (Å²) >= 11 is 12.4. The van der Waals surface area contributed by atoms with Crippen molar-refractivity contribution in [2.45, 2.75) is 6.54 Å². The van der Waals surface area contributed by atoms with E-state index in [2.05, 4.69) is 10.6 Å². The fraction of sp³-hybridized carbons (Fsp3) is 0.0400. The number of carboxylic acid groups (broad SMARTS) is 1. The molecule has 4 aromatic rings. The maximum atomic E-state index is 11.1. The predicted octanol–water partition coefficient (Wildman–Crippen LogP) is 6.76. The highest BCUT2D eigenvalue weighted by molar-refractivity contribution is 6.35. The molecule has 0 aliphatic carbocycles. The van der Waals surface area contributed by atoms with Crippen LogP contribution >= 0.6 is 23.2 Å². The molecule has 0 aliphatic rings. The molecule has 0 unspecified atom stereocenters. The summed E-state index contributed by atoms with van der Waals surface area (Å²) in [6, 6.07) is 21.9. The van der Waals surface area contributed by atoms with Gasteiger partial charge in [-0.1, -0.05) is 59.6 Å². The smallest absolute Gasteiger partial charge is 0.335 e. The molecule has 0 saturated heterocycles. The molecule has 0 spiro atoms. The first-order valence-electron chi connectivity index (χ1n) is 9.43. The molecule has 6 heteroatoms. The molecular weight excluding hydrogens is 431 g/mol. The third-order valence-corrected chi connectivity index (χ3v) is 5.63. The Hall–Kier alpha value is -3.52. The molecular formula is C25H16Cl2N2O2. The predicted molar refractivity (Wildman–Crippen MR) is 124 cm³/mol. The Labute approximate surface area is 189 Å². The van der Waals surface area contributed by atoms with Crippen molar-refractivity contribution in [2.24, 2.45) is 0 Å². The molecule has 1 N–H and O–H groups in total. The van der Waals surface area contributed by atoms with E-state index in [0.717, 1.165) is 22.0 Å². The quantitative estimate of drug-likeness (QED) is 0.344. The average Bonchev–Trinajstić information content (AvgIpc) is 3.11. The lowest BCUT2D eigenvalue weighted by Gasteiger charge is -2.08. The van der Waals surface area contributed by atoms with E-state index in [4.69, 9.17) is 28.3 Å². The highest BCUT2D eigenvalue weighted by atomic mass is 35.5. The summed E-state index contributed by atoms with van der Waals surface area (Å²) in [7, 11) is 0. The zero-order valence-corrected chi connectivity index (χ0v) is 17.7. The summed E-state index contributed by atoms with van der Waals surface area (Å²) in [5, 5.41) is 21.0. The normalized spacial score (nSPS) is 11.5. The largest absolute Gasteiger partial charge is 0.478 e. The third kappa shape index (κ3) is 4.34. The molecule has 0 aliphatic heterocycles. The van der Waals surface area contributed by atoms with Crippen LogP contribution in [0.1, 0.15) is 27.0 Å². The van der Waals surface area contributed by atoms with Crippen LogP contribution in [0, 0.1) is 11.3 Å². The Kier molecular flexibility index (Phi) is 5.81. The molecule has 1 heterocycles. The van der Waals surface area contributed by atoms with Gasteiger partial charge in [0.1, 0.15) is 0 Å². The number of nitrogens with zero attached hydrogens (tertiary/aromatic N) is 2. The van der Waals surface area contributed by atoms with Crippen molar-refractivity contribution < 1.29 is 9.90 Å². The summed E-state index contributed by atoms with van der Waals surface area (Å²) in [5.41, 5.74) is 4.12. The molecule has 3 aromatic carbocycles. The number of benzene rings is 3. The molecule has 0 radical (unpaired) electrons. The Morgan fingerprint density at radius 2 is 1.74 bits per heavy atom. The molecule has 4 rings (SSSR count). The van der Waals surface area contributed by atoms with Crippen LogP contribution in [-0.4, -0.2) is 15.6 Å². The first-order chi connectivity index (χ1) is 15.0. The van der Waals surface area contributed by atoms with Gasteiger partial charge in [-0.2, -0.15) is 5.26 Å². The molecule has 31 heavy (non-hydrogen) atoms. The Morgan fingerprint density at radius 1 is 1.03 bits per heavy atom. The maximum absolute atomic E-state index is 11.1. The van der Waals surface area contributed by atoms with Crippen LogP contribution in [0.15, 0.2) is 72.9 Å². The van der Waals surface area contributed by atoms with Crippen LogP contribution in [0.5, 0.6) is 0 Å². The van der Waals surface area contributed by atoms with Crippen molar-refractivity contribution in [3.8, 4) is 6.07 Å². The van der Waals surface area contributed by atoms with Crippen molar-refractivity contribution in [3.63, 3.8) is 0 Å². The summed E-state index contributed by atoms with van der Waals surface area (Å²) in [6.45, 7) is 0.555. The van der Waals surface area contributed by atoms with Crippen molar-refractivity contribution in [1.29, 1.82) is 5.26 Å². The van der Waals surface area contributed by atoms with Crippen molar-refractivity contribution >= 4 is 51.7 Å². The van der Waals surface area contributed by atoms with Crippen LogP contribution in [0.4, 0.5) is 0 Å². The fourth-order valence-corrected chi connectivity index (χ4v) is 3.95. The van der Waals surface area contributed by atoms with Gasteiger partial charge in [0.05, 0.1) is 17.2 Å². The second kappa shape index (κ2) is 8.69. The van der Waals surface area contributed by atoms with Gasteiger partial charge < -0.3 is 9.67 Å². The molecule has 4 nitrogen and oxygen atoms in total. The van der Waals surface area contributed by atoms with Crippen LogP contribution in [-0.2, 0) is 6.54 Å². The Morgan fingerprint density at radius 3 is 2.42 bits per heavy atom. The summed E-state index contributed by atoms with van der Waals surface area (Å²) in [4.78, 5) is 11.1. The molecule has 152 valence electrons. The van der Waals surface area contributed by atoms with Gasteiger partial charge in [-0.15, -0.1) is 0 Å². The topological polar surface area (TPSA) is 66.0 Å². The molecule has 0 saturated carbocycles. The minimum atomic E-state index is -1.00. The summed E-state index contributed by atoms with van der Waals surface area (Å²) in [5.74, 6) is -1.00. The van der Waals surface area contributed by atoms with E-state index < -0.39 is 5.97 Å². The number of para-hydroxylation sites is 1.